The van der Waals surface area contributed by atoms with Crippen molar-refractivity contribution < 1.29 is 13.3 Å². The molecule has 0 saturated heterocycles. The second-order valence-electron chi connectivity index (χ2n) is 5.58. The Morgan fingerprint density at radius 2 is 1.81 bits per heavy atom. The van der Waals surface area contributed by atoms with Crippen LogP contribution in [-0.2, 0) is 13.3 Å². The first-order valence-electron chi connectivity index (χ1n) is 8.46. The lowest BCUT2D eigenvalue weighted by Crippen LogP contribution is -2.42. The van der Waals surface area contributed by atoms with Gasteiger partial charge in [-0.15, -0.1) is 10.2 Å². The maximum atomic E-state index is 5.41. The fourth-order valence-electron chi connectivity index (χ4n) is 2.24. The third kappa shape index (κ3) is 7.09. The molecule has 1 aromatic rings. The zero-order chi connectivity index (χ0) is 19.4. The van der Waals surface area contributed by atoms with E-state index in [0.717, 1.165) is 30.4 Å². The smallest absolute Gasteiger partial charge is 0.385 e. The number of rotatable bonds is 12. The largest absolute Gasteiger partial charge is 0.500 e. The van der Waals surface area contributed by atoms with E-state index in [1.807, 2.05) is 55.4 Å². The van der Waals surface area contributed by atoms with Gasteiger partial charge in [0.1, 0.15) is 5.82 Å². The Hall–Kier alpha value is -2.00. The number of nitrogens with zero attached hydrogens (tertiary/aromatic N) is 3. The molecule has 0 unspecified atom stereocenters. The minimum atomic E-state index is -2.49. The second-order valence-corrected chi connectivity index (χ2v) is 8.67. The van der Waals surface area contributed by atoms with Gasteiger partial charge in [-0.3, -0.25) is 0 Å². The topological polar surface area (TPSA) is 67.7 Å². The number of hydrogen-bond acceptors (Lipinski definition) is 7. The quantitative estimate of drug-likeness (QED) is 0.332. The maximum absolute atomic E-state index is 5.41. The lowest BCUT2D eigenvalue weighted by molar-refractivity contribution is 0.123. The molecular weight excluding hydrogens is 348 g/mol. The molecule has 0 aromatic heterocycles. The highest BCUT2D eigenvalue weighted by atomic mass is 28.4. The summed E-state index contributed by atoms with van der Waals surface area (Å²) in [5.41, 5.74) is 1.79. The van der Waals surface area contributed by atoms with Crippen LogP contribution in [0.4, 0.5) is 11.4 Å². The van der Waals surface area contributed by atoms with Crippen molar-refractivity contribution in [2.45, 2.75) is 19.4 Å². The summed E-state index contributed by atoms with van der Waals surface area (Å²) in [6.07, 6.45) is 4.68. The van der Waals surface area contributed by atoms with Crippen molar-refractivity contribution in [1.29, 1.82) is 0 Å². The lowest BCUT2D eigenvalue weighted by atomic mass is 10.3. The predicted molar refractivity (Wildman–Crippen MR) is 107 cm³/mol. The standard InChI is InChI=1S/C18H30N4O3Si/c1-7-14-22(3)16(2)20-21-18-11-9-17(10-12-18)19-13-8-15-26(23-4,24-5)25-6/h7,9-12,14,19H,2,8,13,15H2,1,3-6H3/b14-7-,21-20?. The van der Waals surface area contributed by atoms with Crippen LogP contribution in [0.5, 0.6) is 0 Å². The van der Waals surface area contributed by atoms with Crippen LogP contribution in [0.25, 0.3) is 0 Å². The van der Waals surface area contributed by atoms with Crippen LogP contribution in [0.15, 0.2) is 59.2 Å². The van der Waals surface area contributed by atoms with Gasteiger partial charge in [-0.25, -0.2) is 0 Å². The van der Waals surface area contributed by atoms with Gasteiger partial charge in [-0.2, -0.15) is 0 Å². The van der Waals surface area contributed by atoms with E-state index in [4.69, 9.17) is 13.3 Å². The van der Waals surface area contributed by atoms with Crippen molar-refractivity contribution in [2.75, 3.05) is 40.2 Å². The van der Waals surface area contributed by atoms with Gasteiger partial charge in [0.15, 0.2) is 0 Å². The van der Waals surface area contributed by atoms with Crippen LogP contribution in [0.2, 0.25) is 6.04 Å². The van der Waals surface area contributed by atoms with Crippen LogP contribution >= 0.6 is 0 Å². The fourth-order valence-corrected chi connectivity index (χ4v) is 3.96. The molecule has 1 rings (SSSR count). The number of azo groups is 1. The fraction of sp³-hybridized carbons (Fsp3) is 0.444. The Kier molecular flexibility index (Phi) is 9.82. The summed E-state index contributed by atoms with van der Waals surface area (Å²) in [5.74, 6) is 0.576. The molecule has 0 fully saturated rings. The molecule has 0 aliphatic heterocycles. The van der Waals surface area contributed by atoms with Crippen molar-refractivity contribution in [2.24, 2.45) is 10.2 Å². The van der Waals surface area contributed by atoms with Crippen LogP contribution in [-0.4, -0.2) is 48.6 Å². The van der Waals surface area contributed by atoms with E-state index in [0.29, 0.717) is 5.82 Å². The van der Waals surface area contributed by atoms with Gasteiger partial charge in [0.2, 0.25) is 0 Å². The Balaban J connectivity index is 2.47. The van der Waals surface area contributed by atoms with E-state index in [2.05, 4.69) is 22.1 Å². The van der Waals surface area contributed by atoms with E-state index < -0.39 is 8.80 Å². The summed E-state index contributed by atoms with van der Waals surface area (Å²) in [6.45, 7) is 6.61. The molecule has 0 heterocycles. The highest BCUT2D eigenvalue weighted by Gasteiger charge is 2.36. The molecule has 1 aromatic carbocycles. The molecule has 7 nitrogen and oxygen atoms in total. The van der Waals surface area contributed by atoms with Crippen LogP contribution in [0, 0.1) is 0 Å². The molecule has 1 N–H and O–H groups in total. The van der Waals surface area contributed by atoms with Gasteiger partial charge < -0.3 is 23.5 Å². The highest BCUT2D eigenvalue weighted by Crippen LogP contribution is 2.19. The van der Waals surface area contributed by atoms with Crippen molar-refractivity contribution in [3.63, 3.8) is 0 Å². The van der Waals surface area contributed by atoms with Gasteiger partial charge >= 0.3 is 8.80 Å². The Morgan fingerprint density at radius 3 is 2.35 bits per heavy atom. The van der Waals surface area contributed by atoms with Crippen molar-refractivity contribution in [3.8, 4) is 0 Å². The van der Waals surface area contributed by atoms with Gasteiger partial charge in [0, 0.05) is 52.9 Å². The number of allylic oxidation sites excluding steroid dienone is 1. The summed E-state index contributed by atoms with van der Waals surface area (Å²) < 4.78 is 16.2. The predicted octanol–water partition coefficient (Wildman–Crippen LogP) is 4.39. The molecular formula is C18H30N4O3Si. The maximum Gasteiger partial charge on any atom is 0.500 e. The third-order valence-electron chi connectivity index (χ3n) is 3.85. The van der Waals surface area contributed by atoms with E-state index >= 15 is 0 Å². The zero-order valence-corrected chi connectivity index (χ0v) is 17.4. The normalized spacial score (nSPS) is 12.0. The minimum Gasteiger partial charge on any atom is -0.385 e. The molecule has 0 aliphatic rings. The van der Waals surface area contributed by atoms with Crippen LogP contribution in [0.1, 0.15) is 13.3 Å². The van der Waals surface area contributed by atoms with E-state index in [1.165, 1.54) is 0 Å². The summed E-state index contributed by atoms with van der Waals surface area (Å²) in [5, 5.41) is 11.7. The van der Waals surface area contributed by atoms with Crippen molar-refractivity contribution in [3.05, 3.63) is 48.9 Å². The molecule has 0 amide bonds. The van der Waals surface area contributed by atoms with Crippen molar-refractivity contribution >= 4 is 20.2 Å². The summed E-state index contributed by atoms with van der Waals surface area (Å²) in [7, 11) is 4.28. The number of hydrogen-bond donors (Lipinski definition) is 1. The minimum absolute atomic E-state index is 0.576. The lowest BCUT2D eigenvalue weighted by Gasteiger charge is -2.24. The Labute approximate surface area is 157 Å². The first-order valence-corrected chi connectivity index (χ1v) is 10.4. The average Bonchev–Trinajstić information content (AvgIpc) is 2.68. The van der Waals surface area contributed by atoms with E-state index in [9.17, 15) is 0 Å². The number of nitrogens with one attached hydrogen (secondary N) is 1. The molecule has 0 aliphatic carbocycles. The molecule has 0 bridgehead atoms. The van der Waals surface area contributed by atoms with E-state index in [1.54, 1.807) is 21.3 Å². The molecule has 144 valence electrons. The molecule has 8 heteroatoms. The number of anilines is 1. The Bertz CT molecular complexity index is 593. The Morgan fingerprint density at radius 1 is 1.19 bits per heavy atom. The third-order valence-corrected chi connectivity index (χ3v) is 6.68. The molecule has 0 atom stereocenters. The first kappa shape index (κ1) is 22.0. The molecule has 0 radical (unpaired) electrons. The molecule has 0 spiro atoms. The summed E-state index contributed by atoms with van der Waals surface area (Å²) >= 11 is 0. The monoisotopic (exact) mass is 378 g/mol. The first-order chi connectivity index (χ1) is 12.5. The van der Waals surface area contributed by atoms with Gasteiger partial charge in [-0.05, 0) is 37.6 Å². The SMILES string of the molecule is C=C(N=Nc1ccc(NCCC[Si](OC)(OC)OC)cc1)N(C)/C=C\C. The second kappa shape index (κ2) is 11.6. The van der Waals surface area contributed by atoms with E-state index in [-0.39, 0.29) is 0 Å². The van der Waals surface area contributed by atoms with Crippen LogP contribution in [0.3, 0.4) is 0 Å². The van der Waals surface area contributed by atoms with Gasteiger partial charge in [0.25, 0.3) is 0 Å². The summed E-state index contributed by atoms with van der Waals surface area (Å²) in [6, 6.07) is 8.53. The van der Waals surface area contributed by atoms with Crippen molar-refractivity contribution in [1.82, 2.24) is 4.90 Å². The average molecular weight is 379 g/mol. The number of benzene rings is 1. The molecule has 0 saturated carbocycles. The summed E-state index contributed by atoms with van der Waals surface area (Å²) in [4.78, 5) is 1.81. The van der Waals surface area contributed by atoms with Crippen LogP contribution < -0.4 is 5.32 Å². The highest BCUT2D eigenvalue weighted by molar-refractivity contribution is 6.60. The molecule has 26 heavy (non-hydrogen) atoms. The van der Waals surface area contributed by atoms with Gasteiger partial charge in [-0.1, -0.05) is 12.7 Å². The van der Waals surface area contributed by atoms with Gasteiger partial charge in [0.05, 0.1) is 5.69 Å². The zero-order valence-electron chi connectivity index (χ0n) is 16.4.